The maximum atomic E-state index is 4.76. The first-order chi connectivity index (χ1) is 9.26. The van der Waals surface area contributed by atoms with Crippen molar-refractivity contribution in [1.29, 1.82) is 0 Å². The van der Waals surface area contributed by atoms with Crippen LogP contribution in [0.25, 0.3) is 0 Å². The third-order valence-electron chi connectivity index (χ3n) is 3.13. The Balaban J connectivity index is 0.00000200. The Hall–Kier alpha value is -1.54. The Bertz CT molecular complexity index is 557. The molecule has 1 aromatic heterocycles. The second-order valence-electron chi connectivity index (χ2n) is 4.40. The maximum absolute atomic E-state index is 4.76. The molecule has 0 unspecified atom stereocenters. The Kier molecular flexibility index (Phi) is 6.53. The monoisotopic (exact) mass is 311 g/mol. The minimum absolute atomic E-state index is 0. The van der Waals surface area contributed by atoms with Crippen molar-refractivity contribution in [2.75, 3.05) is 0 Å². The van der Waals surface area contributed by atoms with Gasteiger partial charge in [-0.05, 0) is 37.0 Å². The fraction of sp³-hybridized carbons (Fsp3) is 0.312. The summed E-state index contributed by atoms with van der Waals surface area (Å²) in [6.45, 7) is 6.27. The summed E-state index contributed by atoms with van der Waals surface area (Å²) in [4.78, 5) is 13.3. The van der Waals surface area contributed by atoms with Crippen LogP contribution >= 0.6 is 0 Å². The Morgan fingerprint density at radius 1 is 1.00 bits per heavy atom. The van der Waals surface area contributed by atoms with Crippen molar-refractivity contribution in [2.24, 2.45) is 4.99 Å². The fourth-order valence-electron chi connectivity index (χ4n) is 2.06. The van der Waals surface area contributed by atoms with E-state index in [9.17, 15) is 0 Å². The zero-order chi connectivity index (χ0) is 13.7. The molecule has 2 aromatic rings. The molecule has 0 aliphatic rings. The summed E-state index contributed by atoms with van der Waals surface area (Å²) in [5, 5.41) is 0. The van der Waals surface area contributed by atoms with E-state index in [2.05, 4.69) is 42.0 Å². The van der Waals surface area contributed by atoms with Crippen LogP contribution in [0.1, 0.15) is 37.7 Å². The van der Waals surface area contributed by atoms with Crippen LogP contribution in [0.2, 0.25) is 0 Å². The van der Waals surface area contributed by atoms with Gasteiger partial charge in [-0.15, -0.1) is 0 Å². The van der Waals surface area contributed by atoms with Crippen LogP contribution in [0.3, 0.4) is 0 Å². The van der Waals surface area contributed by atoms with Crippen LogP contribution in [0.5, 0.6) is 0 Å². The van der Waals surface area contributed by atoms with Crippen molar-refractivity contribution in [3.05, 3.63) is 53.6 Å². The topological polar surface area (TPSA) is 38.1 Å². The molecule has 108 valence electrons. The van der Waals surface area contributed by atoms with E-state index in [1.54, 1.807) is 12.4 Å². The van der Waals surface area contributed by atoms with Gasteiger partial charge >= 0.3 is 0 Å². The van der Waals surface area contributed by atoms with Crippen LogP contribution in [0.4, 0.5) is 5.69 Å². The van der Waals surface area contributed by atoms with Crippen LogP contribution in [-0.2, 0) is 29.3 Å². The largest absolute Gasteiger partial charge is 0.249 e. The van der Waals surface area contributed by atoms with Crippen molar-refractivity contribution >= 4 is 11.4 Å². The van der Waals surface area contributed by atoms with E-state index < -0.39 is 0 Å². The summed E-state index contributed by atoms with van der Waals surface area (Å²) >= 11 is 0. The Morgan fingerprint density at radius 2 is 1.55 bits per heavy atom. The molecule has 20 heavy (non-hydrogen) atoms. The zero-order valence-electron chi connectivity index (χ0n) is 12.0. The molecule has 0 aliphatic heterocycles. The molecule has 0 fully saturated rings. The molecule has 0 atom stereocenters. The van der Waals surface area contributed by atoms with Crippen LogP contribution in [0, 0.1) is 0 Å². The molecule has 0 amide bonds. The summed E-state index contributed by atoms with van der Waals surface area (Å²) in [5.74, 6) is 0.690. The van der Waals surface area contributed by atoms with E-state index in [4.69, 9.17) is 4.99 Å². The average Bonchev–Trinajstić information content (AvgIpc) is 2.48. The molecular formula is C16H19N3Ni. The second-order valence-corrected chi connectivity index (χ2v) is 4.40. The summed E-state index contributed by atoms with van der Waals surface area (Å²) in [6, 6.07) is 8.19. The molecule has 1 aromatic carbocycles. The van der Waals surface area contributed by atoms with Gasteiger partial charge in [0.15, 0.2) is 5.82 Å². The first-order valence-electron chi connectivity index (χ1n) is 6.69. The maximum Gasteiger partial charge on any atom is 0.173 e. The molecule has 3 nitrogen and oxygen atoms in total. The third kappa shape index (κ3) is 3.74. The van der Waals surface area contributed by atoms with Gasteiger partial charge in [-0.2, -0.15) is 0 Å². The predicted molar refractivity (Wildman–Crippen MR) is 79.1 cm³/mol. The van der Waals surface area contributed by atoms with Gasteiger partial charge < -0.3 is 0 Å². The number of aryl methyl sites for hydroxylation is 2. The van der Waals surface area contributed by atoms with E-state index in [-0.39, 0.29) is 16.5 Å². The quantitative estimate of drug-likeness (QED) is 0.637. The minimum atomic E-state index is 0. The van der Waals surface area contributed by atoms with Gasteiger partial charge in [0.25, 0.3) is 0 Å². The molecule has 4 heteroatoms. The van der Waals surface area contributed by atoms with Gasteiger partial charge in [-0.1, -0.05) is 32.0 Å². The van der Waals surface area contributed by atoms with Gasteiger partial charge in [0.05, 0.1) is 11.4 Å². The van der Waals surface area contributed by atoms with Crippen LogP contribution in [0.15, 0.2) is 41.7 Å². The Labute approximate surface area is 130 Å². The second kappa shape index (κ2) is 7.91. The standard InChI is InChI=1S/C16H19N3.Ni/c1-4-13-8-6-9-14(5-2)15(13)19-12(3)16-17-10-7-11-18-16;/h6-11H,4-5H2,1-3H3;. The van der Waals surface area contributed by atoms with E-state index in [1.165, 1.54) is 11.1 Å². The van der Waals surface area contributed by atoms with Crippen LogP contribution in [-0.4, -0.2) is 15.7 Å². The molecule has 2 rings (SSSR count). The molecule has 0 spiro atoms. The van der Waals surface area contributed by atoms with Gasteiger partial charge in [-0.25, -0.2) is 15.0 Å². The first kappa shape index (κ1) is 16.5. The summed E-state index contributed by atoms with van der Waals surface area (Å²) < 4.78 is 0. The van der Waals surface area contributed by atoms with Crippen molar-refractivity contribution in [3.8, 4) is 0 Å². The van der Waals surface area contributed by atoms with Crippen molar-refractivity contribution in [2.45, 2.75) is 33.6 Å². The van der Waals surface area contributed by atoms with Crippen molar-refractivity contribution in [3.63, 3.8) is 0 Å². The van der Waals surface area contributed by atoms with Gasteiger partial charge in [0, 0.05) is 28.9 Å². The summed E-state index contributed by atoms with van der Waals surface area (Å²) in [5.41, 5.74) is 4.48. The molecule has 0 saturated heterocycles. The number of benzene rings is 1. The van der Waals surface area contributed by atoms with E-state index in [0.717, 1.165) is 24.2 Å². The number of aliphatic imine (C=N–C) groups is 1. The number of hydrogen-bond donors (Lipinski definition) is 0. The number of aromatic nitrogens is 2. The molecule has 0 N–H and O–H groups in total. The third-order valence-corrected chi connectivity index (χ3v) is 3.13. The van der Waals surface area contributed by atoms with Crippen LogP contribution < -0.4 is 0 Å². The van der Waals surface area contributed by atoms with Crippen molar-refractivity contribution < 1.29 is 16.5 Å². The van der Waals surface area contributed by atoms with Gasteiger partial charge in [0.2, 0.25) is 0 Å². The van der Waals surface area contributed by atoms with Gasteiger partial charge in [-0.3, -0.25) is 0 Å². The summed E-state index contributed by atoms with van der Waals surface area (Å²) in [7, 11) is 0. The molecule has 0 saturated carbocycles. The Morgan fingerprint density at radius 3 is 2.05 bits per heavy atom. The number of hydrogen-bond acceptors (Lipinski definition) is 3. The average molecular weight is 312 g/mol. The first-order valence-corrected chi connectivity index (χ1v) is 6.69. The number of para-hydroxylation sites is 1. The predicted octanol–water partition coefficient (Wildman–Crippen LogP) is 3.74. The number of rotatable bonds is 4. The molecule has 1 heterocycles. The number of nitrogens with zero attached hydrogens (tertiary/aromatic N) is 3. The smallest absolute Gasteiger partial charge is 0.173 e. The molecule has 0 radical (unpaired) electrons. The van der Waals surface area contributed by atoms with E-state index in [1.807, 2.05) is 13.0 Å². The SMILES string of the molecule is CCc1cccc(CC)c1N=C(C)c1ncccn1.[Ni]. The summed E-state index contributed by atoms with van der Waals surface area (Å²) in [6.07, 6.45) is 5.45. The minimum Gasteiger partial charge on any atom is -0.249 e. The fourth-order valence-corrected chi connectivity index (χ4v) is 2.06. The van der Waals surface area contributed by atoms with E-state index in [0.29, 0.717) is 5.82 Å². The van der Waals surface area contributed by atoms with Gasteiger partial charge in [0.1, 0.15) is 0 Å². The molecule has 0 aliphatic carbocycles. The zero-order valence-corrected chi connectivity index (χ0v) is 13.0. The van der Waals surface area contributed by atoms with E-state index >= 15 is 0 Å². The molecular weight excluding hydrogens is 293 g/mol. The van der Waals surface area contributed by atoms with Crippen molar-refractivity contribution in [1.82, 2.24) is 9.97 Å². The normalized spacial score (nSPS) is 11.1. The molecule has 0 bridgehead atoms.